The summed E-state index contributed by atoms with van der Waals surface area (Å²) in [6, 6.07) is 15.6. The Bertz CT molecular complexity index is 780. The van der Waals surface area contributed by atoms with Crippen molar-refractivity contribution in [1.29, 1.82) is 0 Å². The summed E-state index contributed by atoms with van der Waals surface area (Å²) in [6.07, 6.45) is 3.66. The fourth-order valence-corrected chi connectivity index (χ4v) is 3.23. The Kier molecular flexibility index (Phi) is 5.95. The number of nitrogens with one attached hydrogen (secondary N) is 1. The van der Waals surface area contributed by atoms with Crippen LogP contribution in [0.1, 0.15) is 25.3 Å². The van der Waals surface area contributed by atoms with E-state index in [1.54, 1.807) is 7.11 Å². The number of Topliss-reactive ketones (excluding diaryl/α,β-unsaturated/α-hetero) is 1. The van der Waals surface area contributed by atoms with E-state index in [9.17, 15) is 4.79 Å². The molecule has 1 saturated carbocycles. The highest BCUT2D eigenvalue weighted by Crippen LogP contribution is 2.31. The van der Waals surface area contributed by atoms with Crippen LogP contribution in [0.4, 0.5) is 5.69 Å². The van der Waals surface area contributed by atoms with Gasteiger partial charge in [-0.15, -0.1) is 0 Å². The van der Waals surface area contributed by atoms with E-state index in [0.29, 0.717) is 13.2 Å². The number of hydrogen-bond donors (Lipinski definition) is 1. The average molecular weight is 351 g/mol. The highest BCUT2D eigenvalue weighted by atomic mass is 16.5. The van der Waals surface area contributed by atoms with E-state index in [1.165, 1.54) is 0 Å². The zero-order chi connectivity index (χ0) is 18.4. The number of carbonyl (C=O) groups is 1. The van der Waals surface area contributed by atoms with Gasteiger partial charge in [-0.3, -0.25) is 4.79 Å². The minimum absolute atomic E-state index is 0.0162. The van der Waals surface area contributed by atoms with E-state index in [4.69, 9.17) is 9.47 Å². The number of rotatable bonds is 7. The Hall–Kier alpha value is -2.75. The first-order valence-corrected chi connectivity index (χ1v) is 9.05. The Morgan fingerprint density at radius 1 is 1.15 bits per heavy atom. The molecule has 26 heavy (non-hydrogen) atoms. The SMILES string of the molecule is CCOc1ccc(NCC2CC/C(=C\c3ccccc3OC)C2=O)cc1. The molecule has 1 aliphatic carbocycles. The summed E-state index contributed by atoms with van der Waals surface area (Å²) in [4.78, 5) is 12.7. The van der Waals surface area contributed by atoms with Crippen LogP contribution in [0, 0.1) is 5.92 Å². The van der Waals surface area contributed by atoms with Crippen LogP contribution in [-0.4, -0.2) is 26.0 Å². The summed E-state index contributed by atoms with van der Waals surface area (Å²) in [6.45, 7) is 3.27. The Labute approximate surface area is 154 Å². The van der Waals surface area contributed by atoms with Gasteiger partial charge in [0.2, 0.25) is 0 Å². The van der Waals surface area contributed by atoms with Crippen molar-refractivity contribution >= 4 is 17.5 Å². The van der Waals surface area contributed by atoms with Crippen LogP contribution in [0.2, 0.25) is 0 Å². The molecule has 2 aromatic rings. The van der Waals surface area contributed by atoms with Crippen LogP contribution in [0.25, 0.3) is 6.08 Å². The van der Waals surface area contributed by atoms with Crippen molar-refractivity contribution in [3.05, 3.63) is 59.7 Å². The van der Waals surface area contributed by atoms with Gasteiger partial charge < -0.3 is 14.8 Å². The number of allylic oxidation sites excluding steroid dienone is 1. The fraction of sp³-hybridized carbons (Fsp3) is 0.318. The van der Waals surface area contributed by atoms with Crippen molar-refractivity contribution in [3.8, 4) is 11.5 Å². The predicted molar refractivity (Wildman–Crippen MR) is 105 cm³/mol. The van der Waals surface area contributed by atoms with E-state index in [-0.39, 0.29) is 11.7 Å². The molecule has 0 spiro atoms. The fourth-order valence-electron chi connectivity index (χ4n) is 3.23. The molecule has 0 heterocycles. The summed E-state index contributed by atoms with van der Waals surface area (Å²) in [5.74, 6) is 1.90. The van der Waals surface area contributed by atoms with Gasteiger partial charge in [0, 0.05) is 23.7 Å². The minimum Gasteiger partial charge on any atom is -0.496 e. The summed E-state index contributed by atoms with van der Waals surface area (Å²) >= 11 is 0. The molecule has 4 nitrogen and oxygen atoms in total. The van der Waals surface area contributed by atoms with Gasteiger partial charge in [0.05, 0.1) is 13.7 Å². The third-order valence-electron chi connectivity index (χ3n) is 4.64. The topological polar surface area (TPSA) is 47.6 Å². The lowest BCUT2D eigenvalue weighted by Gasteiger charge is -2.11. The van der Waals surface area contributed by atoms with E-state index in [2.05, 4.69) is 5.32 Å². The van der Waals surface area contributed by atoms with E-state index in [0.717, 1.165) is 41.2 Å². The molecule has 0 amide bonds. The highest BCUT2D eigenvalue weighted by molar-refractivity contribution is 6.03. The largest absolute Gasteiger partial charge is 0.496 e. The normalized spacial score (nSPS) is 18.2. The lowest BCUT2D eigenvalue weighted by Crippen LogP contribution is -2.18. The van der Waals surface area contributed by atoms with Crippen molar-refractivity contribution in [2.75, 3.05) is 25.6 Å². The third-order valence-corrected chi connectivity index (χ3v) is 4.64. The maximum absolute atomic E-state index is 12.7. The number of methoxy groups -OCH3 is 1. The van der Waals surface area contributed by atoms with Gasteiger partial charge in [0.15, 0.2) is 5.78 Å². The molecule has 4 heteroatoms. The number of benzene rings is 2. The molecular weight excluding hydrogens is 326 g/mol. The van der Waals surface area contributed by atoms with Gasteiger partial charge in [-0.1, -0.05) is 18.2 Å². The monoisotopic (exact) mass is 351 g/mol. The first kappa shape index (κ1) is 18.1. The third kappa shape index (κ3) is 4.26. The van der Waals surface area contributed by atoms with Gasteiger partial charge in [0.25, 0.3) is 0 Å². The molecule has 0 aliphatic heterocycles. The Morgan fingerprint density at radius 2 is 1.92 bits per heavy atom. The molecule has 0 bridgehead atoms. The first-order chi connectivity index (χ1) is 12.7. The molecule has 2 aromatic carbocycles. The smallest absolute Gasteiger partial charge is 0.163 e. The predicted octanol–water partition coefficient (Wildman–Crippen LogP) is 4.57. The van der Waals surface area contributed by atoms with Crippen molar-refractivity contribution < 1.29 is 14.3 Å². The van der Waals surface area contributed by atoms with Gasteiger partial charge in [-0.05, 0) is 61.7 Å². The summed E-state index contributed by atoms with van der Waals surface area (Å²) in [7, 11) is 1.65. The minimum atomic E-state index is 0.0162. The molecule has 3 rings (SSSR count). The number of ether oxygens (including phenoxy) is 2. The van der Waals surface area contributed by atoms with Gasteiger partial charge >= 0.3 is 0 Å². The lowest BCUT2D eigenvalue weighted by molar-refractivity contribution is -0.117. The quantitative estimate of drug-likeness (QED) is 0.743. The standard InChI is InChI=1S/C22H25NO3/c1-3-26-20-12-10-19(11-13-20)23-15-18-9-8-17(22(18)24)14-16-6-4-5-7-21(16)25-2/h4-7,10-14,18,23H,3,8-9,15H2,1-2H3/b17-14+. The van der Waals surface area contributed by atoms with E-state index in [1.807, 2.05) is 61.5 Å². The summed E-state index contributed by atoms with van der Waals surface area (Å²) < 4.78 is 10.8. The van der Waals surface area contributed by atoms with Crippen molar-refractivity contribution in [1.82, 2.24) is 0 Å². The van der Waals surface area contributed by atoms with Gasteiger partial charge in [-0.2, -0.15) is 0 Å². The molecule has 1 unspecified atom stereocenters. The van der Waals surface area contributed by atoms with Crippen molar-refractivity contribution in [3.63, 3.8) is 0 Å². The molecule has 0 radical (unpaired) electrons. The van der Waals surface area contributed by atoms with Crippen LogP contribution in [0.3, 0.4) is 0 Å². The number of para-hydroxylation sites is 1. The van der Waals surface area contributed by atoms with Crippen LogP contribution < -0.4 is 14.8 Å². The molecule has 0 aromatic heterocycles. The van der Waals surface area contributed by atoms with Crippen LogP contribution >= 0.6 is 0 Å². The molecule has 0 saturated heterocycles. The maximum Gasteiger partial charge on any atom is 0.163 e. The van der Waals surface area contributed by atoms with Crippen molar-refractivity contribution in [2.24, 2.45) is 5.92 Å². The summed E-state index contributed by atoms with van der Waals surface area (Å²) in [5.41, 5.74) is 2.84. The second kappa shape index (κ2) is 8.56. The molecule has 1 N–H and O–H groups in total. The average Bonchev–Trinajstić information content (AvgIpc) is 3.02. The Balaban J connectivity index is 1.61. The molecular formula is C22H25NO3. The zero-order valence-corrected chi connectivity index (χ0v) is 15.3. The van der Waals surface area contributed by atoms with E-state index < -0.39 is 0 Å². The number of hydrogen-bond acceptors (Lipinski definition) is 4. The van der Waals surface area contributed by atoms with E-state index >= 15 is 0 Å². The maximum atomic E-state index is 12.7. The molecule has 136 valence electrons. The molecule has 1 aliphatic rings. The second-order valence-corrected chi connectivity index (χ2v) is 6.35. The second-order valence-electron chi connectivity index (χ2n) is 6.35. The van der Waals surface area contributed by atoms with Gasteiger partial charge in [0.1, 0.15) is 11.5 Å². The highest BCUT2D eigenvalue weighted by Gasteiger charge is 2.29. The first-order valence-electron chi connectivity index (χ1n) is 9.05. The van der Waals surface area contributed by atoms with Crippen LogP contribution in [-0.2, 0) is 4.79 Å². The van der Waals surface area contributed by atoms with Crippen LogP contribution in [0.15, 0.2) is 54.1 Å². The van der Waals surface area contributed by atoms with Gasteiger partial charge in [-0.25, -0.2) is 0 Å². The summed E-state index contributed by atoms with van der Waals surface area (Å²) in [5, 5.41) is 3.36. The molecule has 1 fully saturated rings. The number of anilines is 1. The number of ketones is 1. The Morgan fingerprint density at radius 3 is 2.65 bits per heavy atom. The molecule has 1 atom stereocenters. The zero-order valence-electron chi connectivity index (χ0n) is 15.3. The number of carbonyl (C=O) groups excluding carboxylic acids is 1. The lowest BCUT2D eigenvalue weighted by atomic mass is 10.0. The van der Waals surface area contributed by atoms with Crippen LogP contribution in [0.5, 0.6) is 11.5 Å². The van der Waals surface area contributed by atoms with Crippen molar-refractivity contribution in [2.45, 2.75) is 19.8 Å².